The fraction of sp³-hybridized carbons (Fsp3) is 1.00. The number of nitrogens with two attached hydrogens (primary N) is 1. The highest BCUT2D eigenvalue weighted by molar-refractivity contribution is 4.65. The Bertz CT molecular complexity index is 119. The summed E-state index contributed by atoms with van der Waals surface area (Å²) >= 11 is 0. The number of unbranched alkanes of at least 4 members (excludes halogenated alkanes) is 1. The van der Waals surface area contributed by atoms with Crippen molar-refractivity contribution in [1.29, 1.82) is 0 Å². The van der Waals surface area contributed by atoms with E-state index in [-0.39, 0.29) is 0 Å². The van der Waals surface area contributed by atoms with E-state index in [0.29, 0.717) is 0 Å². The van der Waals surface area contributed by atoms with Crippen LogP contribution in [0.3, 0.4) is 0 Å². The number of nitrogens with one attached hydrogen (secondary N) is 1. The molecule has 1 fully saturated rings. The van der Waals surface area contributed by atoms with Gasteiger partial charge in [0, 0.05) is 13.1 Å². The highest BCUT2D eigenvalue weighted by Gasteiger charge is 2.12. The van der Waals surface area contributed by atoms with Gasteiger partial charge < -0.3 is 11.1 Å². The minimum absolute atomic E-state index is 0.766. The molecule has 2 nitrogen and oxygen atoms in total. The van der Waals surface area contributed by atoms with E-state index in [1.54, 1.807) is 0 Å². The summed E-state index contributed by atoms with van der Waals surface area (Å²) in [5, 5.41) is 3.35. The third kappa shape index (κ3) is 5.61. The molecular weight excluding hydrogens is 172 g/mol. The third-order valence-corrected chi connectivity index (χ3v) is 3.26. The highest BCUT2D eigenvalue weighted by Crippen LogP contribution is 2.27. The standard InChI is InChI=1S/C12H26N2/c13-9-11-14-10-5-4-8-12-6-2-1-3-7-12/h12,14H,1-11,13H2. The SMILES string of the molecule is NCCNCCCCC1CCCCC1. The van der Waals surface area contributed by atoms with Crippen molar-refractivity contribution in [2.45, 2.75) is 51.4 Å². The molecule has 84 valence electrons. The van der Waals surface area contributed by atoms with Gasteiger partial charge in [0.25, 0.3) is 0 Å². The maximum absolute atomic E-state index is 5.40. The van der Waals surface area contributed by atoms with Gasteiger partial charge in [-0.2, -0.15) is 0 Å². The molecule has 14 heavy (non-hydrogen) atoms. The van der Waals surface area contributed by atoms with Gasteiger partial charge in [-0.15, -0.1) is 0 Å². The van der Waals surface area contributed by atoms with Crippen LogP contribution in [0.15, 0.2) is 0 Å². The molecule has 0 heterocycles. The molecular formula is C12H26N2. The Morgan fingerprint density at radius 1 is 1.00 bits per heavy atom. The lowest BCUT2D eigenvalue weighted by Crippen LogP contribution is -2.23. The molecule has 1 aliphatic rings. The average Bonchev–Trinajstić information content (AvgIpc) is 2.25. The van der Waals surface area contributed by atoms with E-state index in [0.717, 1.165) is 25.6 Å². The molecule has 2 heteroatoms. The van der Waals surface area contributed by atoms with Crippen LogP contribution in [-0.4, -0.2) is 19.6 Å². The van der Waals surface area contributed by atoms with Crippen molar-refractivity contribution >= 4 is 0 Å². The predicted molar refractivity (Wildman–Crippen MR) is 62.4 cm³/mol. The molecule has 0 unspecified atom stereocenters. The van der Waals surface area contributed by atoms with Crippen LogP contribution >= 0.6 is 0 Å². The fourth-order valence-corrected chi connectivity index (χ4v) is 2.39. The van der Waals surface area contributed by atoms with E-state index in [1.807, 2.05) is 0 Å². The van der Waals surface area contributed by atoms with E-state index in [2.05, 4.69) is 5.32 Å². The van der Waals surface area contributed by atoms with Crippen LogP contribution in [0, 0.1) is 5.92 Å². The molecule has 0 amide bonds. The maximum Gasteiger partial charge on any atom is 0.00745 e. The van der Waals surface area contributed by atoms with Gasteiger partial charge in [0.15, 0.2) is 0 Å². The highest BCUT2D eigenvalue weighted by atomic mass is 14.9. The molecule has 0 aromatic carbocycles. The van der Waals surface area contributed by atoms with Crippen molar-refractivity contribution in [3.63, 3.8) is 0 Å². The lowest BCUT2D eigenvalue weighted by molar-refractivity contribution is 0.329. The summed E-state index contributed by atoms with van der Waals surface area (Å²) in [6, 6.07) is 0. The molecule has 1 aliphatic carbocycles. The zero-order chi connectivity index (χ0) is 10.1. The molecule has 0 saturated heterocycles. The molecule has 0 aromatic rings. The van der Waals surface area contributed by atoms with Crippen molar-refractivity contribution in [2.24, 2.45) is 11.7 Å². The molecule has 0 aliphatic heterocycles. The summed E-state index contributed by atoms with van der Waals surface area (Å²) in [5.41, 5.74) is 5.40. The van der Waals surface area contributed by atoms with Crippen LogP contribution in [0.1, 0.15) is 51.4 Å². The first kappa shape index (κ1) is 12.0. The van der Waals surface area contributed by atoms with Gasteiger partial charge in [0.2, 0.25) is 0 Å². The Hall–Kier alpha value is -0.0800. The number of hydrogen-bond donors (Lipinski definition) is 2. The molecule has 0 spiro atoms. The predicted octanol–water partition coefficient (Wildman–Crippen LogP) is 2.29. The largest absolute Gasteiger partial charge is 0.329 e. The van der Waals surface area contributed by atoms with E-state index in [1.165, 1.54) is 51.4 Å². The van der Waals surface area contributed by atoms with Crippen LogP contribution in [0.5, 0.6) is 0 Å². The van der Waals surface area contributed by atoms with Crippen molar-refractivity contribution in [3.8, 4) is 0 Å². The first-order valence-electron chi connectivity index (χ1n) is 6.34. The van der Waals surface area contributed by atoms with E-state index in [9.17, 15) is 0 Å². The Morgan fingerprint density at radius 3 is 2.50 bits per heavy atom. The van der Waals surface area contributed by atoms with Crippen LogP contribution in [0.25, 0.3) is 0 Å². The van der Waals surface area contributed by atoms with Gasteiger partial charge in [-0.25, -0.2) is 0 Å². The van der Waals surface area contributed by atoms with Crippen molar-refractivity contribution in [3.05, 3.63) is 0 Å². The van der Waals surface area contributed by atoms with Gasteiger partial charge in [0.1, 0.15) is 0 Å². The van der Waals surface area contributed by atoms with Gasteiger partial charge in [-0.05, 0) is 18.9 Å². The van der Waals surface area contributed by atoms with E-state index >= 15 is 0 Å². The Balaban J connectivity index is 1.82. The minimum atomic E-state index is 0.766. The molecule has 0 atom stereocenters. The quantitative estimate of drug-likeness (QED) is 0.616. The Kier molecular flexibility index (Phi) is 7.06. The van der Waals surface area contributed by atoms with Crippen LogP contribution < -0.4 is 11.1 Å². The summed E-state index contributed by atoms with van der Waals surface area (Å²) in [7, 11) is 0. The topological polar surface area (TPSA) is 38.0 Å². The summed E-state index contributed by atoms with van der Waals surface area (Å²) in [5.74, 6) is 1.05. The average molecular weight is 198 g/mol. The van der Waals surface area contributed by atoms with Gasteiger partial charge >= 0.3 is 0 Å². The Labute approximate surface area is 88.6 Å². The Morgan fingerprint density at radius 2 is 1.79 bits per heavy atom. The van der Waals surface area contributed by atoms with Crippen molar-refractivity contribution in [1.82, 2.24) is 5.32 Å². The molecule has 0 bridgehead atoms. The first-order valence-corrected chi connectivity index (χ1v) is 6.34. The van der Waals surface area contributed by atoms with Crippen LogP contribution in [0.2, 0.25) is 0 Å². The second-order valence-electron chi connectivity index (χ2n) is 4.54. The monoisotopic (exact) mass is 198 g/mol. The van der Waals surface area contributed by atoms with Crippen LogP contribution in [-0.2, 0) is 0 Å². The van der Waals surface area contributed by atoms with Gasteiger partial charge in [-0.1, -0.05) is 44.9 Å². The second-order valence-corrected chi connectivity index (χ2v) is 4.54. The summed E-state index contributed by atoms with van der Waals surface area (Å²) in [6.45, 7) is 2.90. The third-order valence-electron chi connectivity index (χ3n) is 3.26. The van der Waals surface area contributed by atoms with Crippen molar-refractivity contribution in [2.75, 3.05) is 19.6 Å². The van der Waals surface area contributed by atoms with E-state index in [4.69, 9.17) is 5.73 Å². The number of hydrogen-bond acceptors (Lipinski definition) is 2. The molecule has 1 saturated carbocycles. The maximum atomic E-state index is 5.40. The molecule has 3 N–H and O–H groups in total. The molecule has 0 radical (unpaired) electrons. The van der Waals surface area contributed by atoms with Crippen LogP contribution in [0.4, 0.5) is 0 Å². The molecule has 1 rings (SSSR count). The smallest absolute Gasteiger partial charge is 0.00745 e. The van der Waals surface area contributed by atoms with Gasteiger partial charge in [0.05, 0.1) is 0 Å². The minimum Gasteiger partial charge on any atom is -0.329 e. The fourth-order valence-electron chi connectivity index (χ4n) is 2.39. The number of rotatable bonds is 7. The lowest BCUT2D eigenvalue weighted by atomic mass is 9.86. The normalized spacial score (nSPS) is 18.6. The lowest BCUT2D eigenvalue weighted by Gasteiger charge is -2.21. The molecule has 0 aromatic heterocycles. The van der Waals surface area contributed by atoms with Gasteiger partial charge in [-0.3, -0.25) is 0 Å². The van der Waals surface area contributed by atoms with E-state index < -0.39 is 0 Å². The van der Waals surface area contributed by atoms with Crippen molar-refractivity contribution < 1.29 is 0 Å². The summed E-state index contributed by atoms with van der Waals surface area (Å²) < 4.78 is 0. The summed E-state index contributed by atoms with van der Waals surface area (Å²) in [6.07, 6.45) is 11.6. The zero-order valence-electron chi connectivity index (χ0n) is 9.43. The first-order chi connectivity index (χ1) is 6.93. The second kappa shape index (κ2) is 8.25. The summed E-state index contributed by atoms with van der Waals surface area (Å²) in [4.78, 5) is 0. The zero-order valence-corrected chi connectivity index (χ0v) is 9.43.